The molecule has 1 aliphatic carbocycles. The van der Waals surface area contributed by atoms with Gasteiger partial charge in [0.2, 0.25) is 4.80 Å². The summed E-state index contributed by atoms with van der Waals surface area (Å²) in [7, 11) is 1.50. The second kappa shape index (κ2) is 10.2. The van der Waals surface area contributed by atoms with Crippen molar-refractivity contribution in [2.24, 2.45) is 10.2 Å². The molecule has 7 nitrogen and oxygen atoms in total. The van der Waals surface area contributed by atoms with Gasteiger partial charge in [-0.15, -0.1) is 16.4 Å². The van der Waals surface area contributed by atoms with Gasteiger partial charge < -0.3 is 18.8 Å². The predicted molar refractivity (Wildman–Crippen MR) is 141 cm³/mol. The summed E-state index contributed by atoms with van der Waals surface area (Å²) in [6, 6.07) is 12.7. The van der Waals surface area contributed by atoms with E-state index in [1.807, 2.05) is 23.6 Å². The van der Waals surface area contributed by atoms with E-state index in [-0.39, 0.29) is 17.4 Å². The zero-order valence-corrected chi connectivity index (χ0v) is 21.5. The fourth-order valence-corrected chi connectivity index (χ4v) is 5.77. The molecule has 0 saturated heterocycles. The second-order valence-electron chi connectivity index (χ2n) is 8.47. The Hall–Kier alpha value is -3.17. The zero-order valence-electron chi connectivity index (χ0n) is 19.1. The summed E-state index contributed by atoms with van der Waals surface area (Å²) in [4.78, 5) is 13.7. The molecule has 1 saturated carbocycles. The third-order valence-corrected chi connectivity index (χ3v) is 7.53. The summed E-state index contributed by atoms with van der Waals surface area (Å²) >= 11 is 4.95. The van der Waals surface area contributed by atoms with Crippen LogP contribution in [0.1, 0.15) is 43.7 Å². The lowest BCUT2D eigenvalue weighted by atomic mass is 9.95. The largest absolute Gasteiger partial charge is 0.504 e. The maximum Gasteiger partial charge on any atom is 0.345 e. The van der Waals surface area contributed by atoms with E-state index in [2.05, 4.69) is 30.7 Å². The van der Waals surface area contributed by atoms with Crippen molar-refractivity contribution in [3.05, 3.63) is 73.1 Å². The fraction of sp³-hybridized carbons (Fsp3) is 0.269. The van der Waals surface area contributed by atoms with E-state index in [1.54, 1.807) is 30.5 Å². The molecule has 9 heteroatoms. The molecule has 35 heavy (non-hydrogen) atoms. The molecule has 0 atom stereocenters. The van der Waals surface area contributed by atoms with Gasteiger partial charge in [-0.05, 0) is 60.9 Å². The molecule has 0 spiro atoms. The number of thiazole rings is 1. The SMILES string of the molecule is COc1cc(/C=N\N=c2\scc(-c3cc4cc(Br)ccc4oc3=O)n2C2CCCCC2)ccc1O. The molecule has 1 aliphatic rings. The van der Waals surface area contributed by atoms with Crippen molar-refractivity contribution in [3.63, 3.8) is 0 Å². The third kappa shape index (κ3) is 4.97. The number of hydrogen-bond acceptors (Lipinski definition) is 7. The molecule has 1 fully saturated rings. The Balaban J connectivity index is 1.60. The van der Waals surface area contributed by atoms with E-state index in [0.29, 0.717) is 16.9 Å². The van der Waals surface area contributed by atoms with Crippen molar-refractivity contribution in [2.75, 3.05) is 7.11 Å². The number of fused-ring (bicyclic) bond motifs is 1. The second-order valence-corrected chi connectivity index (χ2v) is 10.2. The van der Waals surface area contributed by atoms with E-state index in [1.165, 1.54) is 24.9 Å². The van der Waals surface area contributed by atoms with E-state index in [4.69, 9.17) is 9.15 Å². The Morgan fingerprint density at radius 3 is 2.80 bits per heavy atom. The average molecular weight is 554 g/mol. The number of phenolic OH excluding ortho intramolecular Hbond substituents is 1. The van der Waals surface area contributed by atoms with Gasteiger partial charge in [0, 0.05) is 21.3 Å². The van der Waals surface area contributed by atoms with E-state index < -0.39 is 0 Å². The van der Waals surface area contributed by atoms with Crippen molar-refractivity contribution >= 4 is 44.5 Å². The van der Waals surface area contributed by atoms with Gasteiger partial charge in [-0.2, -0.15) is 5.10 Å². The number of ether oxygens (including phenoxy) is 1. The van der Waals surface area contributed by atoms with Crippen molar-refractivity contribution < 1.29 is 14.3 Å². The summed E-state index contributed by atoms with van der Waals surface area (Å²) in [5.74, 6) is 0.445. The molecule has 0 radical (unpaired) electrons. The number of phenols is 1. The predicted octanol–water partition coefficient (Wildman–Crippen LogP) is 6.24. The number of benzene rings is 2. The Labute approximate surface area is 214 Å². The van der Waals surface area contributed by atoms with E-state index in [0.717, 1.165) is 51.6 Å². The highest BCUT2D eigenvalue weighted by molar-refractivity contribution is 9.10. The smallest absolute Gasteiger partial charge is 0.345 e. The van der Waals surface area contributed by atoms with Crippen LogP contribution < -0.4 is 15.2 Å². The lowest BCUT2D eigenvalue weighted by Gasteiger charge is -2.25. The van der Waals surface area contributed by atoms with Crippen LogP contribution in [0.3, 0.4) is 0 Å². The molecule has 180 valence electrons. The number of hydrogen-bond donors (Lipinski definition) is 1. The van der Waals surface area contributed by atoms with E-state index >= 15 is 0 Å². The molecular formula is C26H24BrN3O4S. The third-order valence-electron chi connectivity index (χ3n) is 6.21. The van der Waals surface area contributed by atoms with Gasteiger partial charge in [-0.1, -0.05) is 35.2 Å². The van der Waals surface area contributed by atoms with Crippen LogP contribution in [0.25, 0.3) is 22.2 Å². The Kier molecular flexibility index (Phi) is 6.88. The van der Waals surface area contributed by atoms with Crippen LogP contribution in [0, 0.1) is 0 Å². The van der Waals surface area contributed by atoms with Gasteiger partial charge in [0.1, 0.15) is 5.58 Å². The van der Waals surface area contributed by atoms with Crippen LogP contribution in [0.4, 0.5) is 0 Å². The van der Waals surface area contributed by atoms with Crippen LogP contribution in [0.15, 0.2) is 71.7 Å². The van der Waals surface area contributed by atoms with Gasteiger partial charge in [-0.25, -0.2) is 4.79 Å². The number of halogens is 1. The first kappa shape index (κ1) is 23.6. The van der Waals surface area contributed by atoms with Gasteiger partial charge >= 0.3 is 5.63 Å². The lowest BCUT2D eigenvalue weighted by molar-refractivity contribution is 0.350. The topological polar surface area (TPSA) is 89.3 Å². The standard InChI is InChI=1S/C26H24BrN3O4S/c1-33-24-11-16(7-9-22(24)31)14-28-29-26-30(19-5-3-2-4-6-19)21(15-35-26)20-13-17-12-18(27)8-10-23(17)34-25(20)32/h7-15,19,31H,2-6H2,1H3/b28-14-,29-26+. The molecule has 4 aromatic rings. The molecular weight excluding hydrogens is 530 g/mol. The summed E-state index contributed by atoms with van der Waals surface area (Å²) in [6.07, 6.45) is 7.18. The van der Waals surface area contributed by atoms with Crippen LogP contribution in [0.5, 0.6) is 11.5 Å². The minimum atomic E-state index is -0.367. The van der Waals surface area contributed by atoms with Crippen LogP contribution >= 0.6 is 27.3 Å². The van der Waals surface area contributed by atoms with Crippen molar-refractivity contribution in [1.82, 2.24) is 4.57 Å². The highest BCUT2D eigenvalue weighted by Crippen LogP contribution is 2.32. The summed E-state index contributed by atoms with van der Waals surface area (Å²) < 4.78 is 13.9. The van der Waals surface area contributed by atoms with Crippen LogP contribution in [0.2, 0.25) is 0 Å². The molecule has 5 rings (SSSR count). The molecule has 0 bridgehead atoms. The normalized spacial score (nSPS) is 15.3. The fourth-order valence-electron chi connectivity index (χ4n) is 4.47. The Bertz CT molecular complexity index is 1530. The minimum Gasteiger partial charge on any atom is -0.504 e. The number of aromatic nitrogens is 1. The summed E-state index contributed by atoms with van der Waals surface area (Å²) in [5.41, 5.74) is 2.27. The van der Waals surface area contributed by atoms with Crippen LogP contribution in [-0.2, 0) is 0 Å². The van der Waals surface area contributed by atoms with Crippen molar-refractivity contribution in [3.8, 4) is 22.8 Å². The van der Waals surface area contributed by atoms with Crippen LogP contribution in [-0.4, -0.2) is 23.0 Å². The van der Waals surface area contributed by atoms with Gasteiger partial charge in [0.05, 0.1) is 24.6 Å². The molecule has 0 unspecified atom stereocenters. The van der Waals surface area contributed by atoms with Gasteiger partial charge in [0.25, 0.3) is 0 Å². The van der Waals surface area contributed by atoms with E-state index in [9.17, 15) is 9.90 Å². The monoisotopic (exact) mass is 553 g/mol. The zero-order chi connectivity index (χ0) is 24.4. The molecule has 2 aromatic heterocycles. The first-order valence-corrected chi connectivity index (χ1v) is 13.1. The van der Waals surface area contributed by atoms with Gasteiger partial charge in [-0.3, -0.25) is 0 Å². The van der Waals surface area contributed by atoms with Crippen molar-refractivity contribution in [1.29, 1.82) is 0 Å². The highest BCUT2D eigenvalue weighted by atomic mass is 79.9. The summed E-state index contributed by atoms with van der Waals surface area (Å²) in [6.45, 7) is 0. The maximum atomic E-state index is 13.0. The average Bonchev–Trinajstić information content (AvgIpc) is 3.29. The summed E-state index contributed by atoms with van der Waals surface area (Å²) in [5, 5.41) is 21.4. The molecule has 0 aliphatic heterocycles. The molecule has 1 N–H and O–H groups in total. The number of rotatable bonds is 5. The molecule has 0 amide bonds. The maximum absolute atomic E-state index is 13.0. The van der Waals surface area contributed by atoms with Gasteiger partial charge in [0.15, 0.2) is 11.5 Å². The quantitative estimate of drug-likeness (QED) is 0.180. The first-order chi connectivity index (χ1) is 17.0. The molecule has 2 heterocycles. The lowest BCUT2D eigenvalue weighted by Crippen LogP contribution is -2.24. The Morgan fingerprint density at radius 1 is 1.17 bits per heavy atom. The Morgan fingerprint density at radius 2 is 2.00 bits per heavy atom. The minimum absolute atomic E-state index is 0.0703. The number of aromatic hydroxyl groups is 1. The first-order valence-electron chi connectivity index (χ1n) is 11.4. The van der Waals surface area contributed by atoms with Crippen molar-refractivity contribution in [2.45, 2.75) is 38.1 Å². The highest BCUT2D eigenvalue weighted by Gasteiger charge is 2.22. The number of nitrogens with zero attached hydrogens (tertiary/aromatic N) is 3. The molecule has 2 aromatic carbocycles. The number of methoxy groups -OCH3 is 1.